The highest BCUT2D eigenvalue weighted by Gasteiger charge is 2.21. The van der Waals surface area contributed by atoms with Gasteiger partial charge in [0.15, 0.2) is 0 Å². The summed E-state index contributed by atoms with van der Waals surface area (Å²) in [5.41, 5.74) is 1.43. The SMILES string of the molecule is CCCNC(c1cccc(F)c1Cl)c1cccc(Cl)c1Cl. The van der Waals surface area contributed by atoms with Gasteiger partial charge in [-0.15, -0.1) is 0 Å². The largest absolute Gasteiger partial charge is 0.306 e. The molecule has 2 aromatic carbocycles. The van der Waals surface area contributed by atoms with Crippen molar-refractivity contribution in [1.82, 2.24) is 5.32 Å². The van der Waals surface area contributed by atoms with Crippen LogP contribution in [0.5, 0.6) is 0 Å². The molecule has 2 rings (SSSR count). The summed E-state index contributed by atoms with van der Waals surface area (Å²) in [5.74, 6) is -0.449. The van der Waals surface area contributed by atoms with E-state index in [0.717, 1.165) is 18.5 Å². The second kappa shape index (κ2) is 7.46. The van der Waals surface area contributed by atoms with Gasteiger partial charge in [0, 0.05) is 0 Å². The van der Waals surface area contributed by atoms with Gasteiger partial charge in [0.25, 0.3) is 0 Å². The molecule has 1 unspecified atom stereocenters. The molecular weight excluding hydrogens is 332 g/mol. The smallest absolute Gasteiger partial charge is 0.142 e. The molecule has 0 heterocycles. The maximum Gasteiger partial charge on any atom is 0.142 e. The Balaban J connectivity index is 2.52. The van der Waals surface area contributed by atoms with Gasteiger partial charge in [-0.2, -0.15) is 0 Å². The number of rotatable bonds is 5. The Kier molecular flexibility index (Phi) is 5.88. The minimum absolute atomic E-state index is 0.0992. The molecule has 0 aliphatic heterocycles. The van der Waals surface area contributed by atoms with Gasteiger partial charge in [-0.1, -0.05) is 66.0 Å². The van der Waals surface area contributed by atoms with Crippen molar-refractivity contribution < 1.29 is 4.39 Å². The van der Waals surface area contributed by atoms with Crippen molar-refractivity contribution in [3.8, 4) is 0 Å². The van der Waals surface area contributed by atoms with E-state index in [4.69, 9.17) is 34.8 Å². The number of hydrogen-bond donors (Lipinski definition) is 1. The first-order valence-corrected chi connectivity index (χ1v) is 7.80. The first-order valence-electron chi connectivity index (χ1n) is 6.67. The van der Waals surface area contributed by atoms with Gasteiger partial charge < -0.3 is 5.32 Å². The zero-order valence-electron chi connectivity index (χ0n) is 11.5. The maximum absolute atomic E-state index is 13.7. The van der Waals surface area contributed by atoms with Gasteiger partial charge in [0.2, 0.25) is 0 Å². The van der Waals surface area contributed by atoms with Gasteiger partial charge >= 0.3 is 0 Å². The Labute approximate surface area is 139 Å². The average Bonchev–Trinajstić information content (AvgIpc) is 2.47. The molecule has 0 aliphatic rings. The van der Waals surface area contributed by atoms with E-state index >= 15 is 0 Å². The second-order valence-electron chi connectivity index (χ2n) is 4.67. The maximum atomic E-state index is 13.7. The van der Waals surface area contributed by atoms with Gasteiger partial charge in [-0.25, -0.2) is 4.39 Å². The molecule has 112 valence electrons. The van der Waals surface area contributed by atoms with Crippen LogP contribution < -0.4 is 5.32 Å². The van der Waals surface area contributed by atoms with Crippen molar-refractivity contribution in [3.05, 3.63) is 68.4 Å². The van der Waals surface area contributed by atoms with Crippen molar-refractivity contribution in [2.45, 2.75) is 19.4 Å². The summed E-state index contributed by atoms with van der Waals surface area (Å²) >= 11 is 18.5. The van der Waals surface area contributed by atoms with Gasteiger partial charge in [-0.05, 0) is 36.2 Å². The molecule has 1 atom stereocenters. The number of hydrogen-bond acceptors (Lipinski definition) is 1. The monoisotopic (exact) mass is 345 g/mol. The summed E-state index contributed by atoms with van der Waals surface area (Å²) < 4.78 is 13.7. The van der Waals surface area contributed by atoms with Crippen molar-refractivity contribution in [2.24, 2.45) is 0 Å². The third-order valence-corrected chi connectivity index (χ3v) is 4.42. The van der Waals surface area contributed by atoms with E-state index < -0.39 is 5.82 Å². The van der Waals surface area contributed by atoms with Crippen LogP contribution >= 0.6 is 34.8 Å². The predicted molar refractivity (Wildman–Crippen MR) is 88.0 cm³/mol. The topological polar surface area (TPSA) is 12.0 Å². The van der Waals surface area contributed by atoms with Crippen molar-refractivity contribution in [2.75, 3.05) is 6.54 Å². The number of benzene rings is 2. The molecule has 0 radical (unpaired) electrons. The van der Waals surface area contributed by atoms with E-state index in [-0.39, 0.29) is 11.1 Å². The number of halogens is 4. The molecule has 0 saturated carbocycles. The standard InChI is InChI=1S/C16H15Cl3FN/c1-2-9-21-16(10-5-3-7-12(17)14(10)18)11-6-4-8-13(20)15(11)19/h3-8,16,21H,2,9H2,1H3. The third kappa shape index (κ3) is 3.70. The summed E-state index contributed by atoms with van der Waals surface area (Å²) in [6.45, 7) is 2.80. The zero-order chi connectivity index (χ0) is 15.4. The molecule has 0 amide bonds. The van der Waals surface area contributed by atoms with Crippen LogP contribution in [-0.2, 0) is 0 Å². The highest BCUT2D eigenvalue weighted by atomic mass is 35.5. The van der Waals surface area contributed by atoms with Crippen LogP contribution in [0.15, 0.2) is 36.4 Å². The van der Waals surface area contributed by atoms with Gasteiger partial charge in [-0.3, -0.25) is 0 Å². The molecule has 21 heavy (non-hydrogen) atoms. The Morgan fingerprint density at radius 3 is 2.29 bits per heavy atom. The Morgan fingerprint density at radius 1 is 1.00 bits per heavy atom. The summed E-state index contributed by atoms with van der Waals surface area (Å²) in [7, 11) is 0. The normalized spacial score (nSPS) is 12.4. The first-order chi connectivity index (χ1) is 10.1. The van der Waals surface area contributed by atoms with E-state index in [1.54, 1.807) is 18.2 Å². The molecule has 2 aromatic rings. The summed E-state index contributed by atoms with van der Waals surface area (Å²) in [5, 5.41) is 4.36. The molecule has 0 fully saturated rings. The lowest BCUT2D eigenvalue weighted by atomic mass is 9.98. The number of nitrogens with one attached hydrogen (secondary N) is 1. The zero-order valence-corrected chi connectivity index (χ0v) is 13.7. The van der Waals surface area contributed by atoms with Gasteiger partial charge in [0.1, 0.15) is 5.82 Å². The predicted octanol–water partition coefficient (Wildman–Crippen LogP) is 5.87. The minimum atomic E-state index is -0.449. The molecule has 1 N–H and O–H groups in total. The quantitative estimate of drug-likeness (QED) is 0.713. The van der Waals surface area contributed by atoms with Crippen LogP contribution in [-0.4, -0.2) is 6.54 Å². The van der Waals surface area contributed by atoms with E-state index in [0.29, 0.717) is 15.6 Å². The second-order valence-corrected chi connectivity index (χ2v) is 5.84. The van der Waals surface area contributed by atoms with Crippen molar-refractivity contribution in [3.63, 3.8) is 0 Å². The third-order valence-electron chi connectivity index (χ3n) is 3.18. The van der Waals surface area contributed by atoms with Crippen LogP contribution in [0.4, 0.5) is 4.39 Å². The summed E-state index contributed by atoms with van der Waals surface area (Å²) in [4.78, 5) is 0. The lowest BCUT2D eigenvalue weighted by Gasteiger charge is -2.22. The van der Waals surface area contributed by atoms with Crippen molar-refractivity contribution >= 4 is 34.8 Å². The highest BCUT2D eigenvalue weighted by molar-refractivity contribution is 6.42. The van der Waals surface area contributed by atoms with Crippen LogP contribution in [0.1, 0.15) is 30.5 Å². The first kappa shape index (κ1) is 16.6. The lowest BCUT2D eigenvalue weighted by molar-refractivity contribution is 0.586. The van der Waals surface area contributed by atoms with E-state index in [2.05, 4.69) is 12.2 Å². The Hall–Kier alpha value is -0.800. The highest BCUT2D eigenvalue weighted by Crippen LogP contribution is 2.36. The van der Waals surface area contributed by atoms with Crippen LogP contribution in [0.25, 0.3) is 0 Å². The molecular formula is C16H15Cl3FN. The molecule has 1 nitrogen and oxygen atoms in total. The van der Waals surface area contributed by atoms with E-state index in [1.807, 2.05) is 12.1 Å². The fraction of sp³-hybridized carbons (Fsp3) is 0.250. The van der Waals surface area contributed by atoms with E-state index in [1.165, 1.54) is 6.07 Å². The van der Waals surface area contributed by atoms with E-state index in [9.17, 15) is 4.39 Å². The average molecular weight is 347 g/mol. The molecule has 0 spiro atoms. The molecule has 0 aliphatic carbocycles. The van der Waals surface area contributed by atoms with Crippen molar-refractivity contribution in [1.29, 1.82) is 0 Å². The Bertz CT molecular complexity index is 579. The lowest BCUT2D eigenvalue weighted by Crippen LogP contribution is -2.24. The minimum Gasteiger partial charge on any atom is -0.306 e. The molecule has 5 heteroatoms. The molecule has 0 aromatic heterocycles. The summed E-state index contributed by atoms with van der Waals surface area (Å²) in [6.07, 6.45) is 0.932. The van der Waals surface area contributed by atoms with Crippen LogP contribution in [0.2, 0.25) is 15.1 Å². The summed E-state index contributed by atoms with van der Waals surface area (Å²) in [6, 6.07) is 9.85. The fourth-order valence-corrected chi connectivity index (χ4v) is 2.82. The molecule has 0 saturated heterocycles. The van der Waals surface area contributed by atoms with Crippen LogP contribution in [0.3, 0.4) is 0 Å². The molecule has 0 bridgehead atoms. The van der Waals surface area contributed by atoms with Crippen LogP contribution in [0, 0.1) is 5.82 Å². The Morgan fingerprint density at radius 2 is 1.62 bits per heavy atom. The fourth-order valence-electron chi connectivity index (χ4n) is 2.16. The van der Waals surface area contributed by atoms with Gasteiger partial charge in [0.05, 0.1) is 21.1 Å².